The molecule has 1 aliphatic heterocycles. The molecule has 3 N–H and O–H groups in total. The van der Waals surface area contributed by atoms with E-state index in [2.05, 4.69) is 0 Å². The van der Waals surface area contributed by atoms with Gasteiger partial charge in [0.25, 0.3) is 0 Å². The lowest BCUT2D eigenvalue weighted by Gasteiger charge is -2.57. The van der Waals surface area contributed by atoms with Crippen LogP contribution in [0.3, 0.4) is 0 Å². The molecule has 5 nitrogen and oxygen atoms in total. The van der Waals surface area contributed by atoms with E-state index in [-0.39, 0.29) is 18.2 Å². The van der Waals surface area contributed by atoms with Gasteiger partial charge in [0, 0.05) is 19.1 Å². The Morgan fingerprint density at radius 1 is 1.25 bits per heavy atom. The lowest BCUT2D eigenvalue weighted by Crippen LogP contribution is -2.58. The number of hydrogen-bond donors (Lipinski definition) is 2. The highest BCUT2D eigenvalue weighted by molar-refractivity contribution is 5.68. The van der Waals surface area contributed by atoms with E-state index >= 15 is 0 Å². The van der Waals surface area contributed by atoms with Crippen LogP contribution in [0.5, 0.6) is 0 Å². The minimum Gasteiger partial charge on any atom is -0.446 e. The number of amides is 1. The van der Waals surface area contributed by atoms with E-state index in [0.717, 1.165) is 38.5 Å². The van der Waals surface area contributed by atoms with Crippen molar-refractivity contribution < 1.29 is 14.6 Å². The van der Waals surface area contributed by atoms with E-state index in [1.54, 1.807) is 4.90 Å². The SMILES string of the molecule is NC1CCN(C(=O)OC2C3CC4C[C@@H]2CC(O)(C4)C3)C1. The Morgan fingerprint density at radius 2 is 1.95 bits per heavy atom. The molecule has 0 aromatic carbocycles. The Morgan fingerprint density at radius 3 is 2.50 bits per heavy atom. The third-order valence-electron chi connectivity index (χ3n) is 5.87. The zero-order valence-electron chi connectivity index (χ0n) is 11.8. The third-order valence-corrected chi connectivity index (χ3v) is 5.87. The van der Waals surface area contributed by atoms with Gasteiger partial charge in [0.1, 0.15) is 6.10 Å². The number of carbonyl (C=O) groups excluding carboxylic acids is 1. The molecule has 5 fully saturated rings. The number of hydrogen-bond acceptors (Lipinski definition) is 4. The van der Waals surface area contributed by atoms with Crippen LogP contribution in [-0.2, 0) is 4.74 Å². The molecule has 6 atom stereocenters. The highest BCUT2D eigenvalue weighted by atomic mass is 16.6. The minimum atomic E-state index is -0.463. The molecule has 1 amide bonds. The fourth-order valence-electron chi connectivity index (χ4n) is 5.27. The maximum absolute atomic E-state index is 12.2. The van der Waals surface area contributed by atoms with E-state index in [0.29, 0.717) is 30.8 Å². The summed E-state index contributed by atoms with van der Waals surface area (Å²) < 4.78 is 5.82. The van der Waals surface area contributed by atoms with E-state index in [4.69, 9.17) is 10.5 Å². The Labute approximate surface area is 119 Å². The molecular formula is C15H24N2O3. The van der Waals surface area contributed by atoms with Crippen LogP contribution in [-0.4, -0.2) is 46.9 Å². The van der Waals surface area contributed by atoms with E-state index in [1.807, 2.05) is 0 Å². The Kier molecular flexibility index (Phi) is 2.80. The summed E-state index contributed by atoms with van der Waals surface area (Å²) in [5.74, 6) is 1.38. The second-order valence-electron chi connectivity index (χ2n) is 7.54. The summed E-state index contributed by atoms with van der Waals surface area (Å²) >= 11 is 0. The van der Waals surface area contributed by atoms with Gasteiger partial charge in [-0.1, -0.05) is 0 Å². The number of likely N-dealkylation sites (tertiary alicyclic amines) is 1. The van der Waals surface area contributed by atoms with E-state index in [1.165, 1.54) is 0 Å². The van der Waals surface area contributed by atoms with Crippen LogP contribution in [0.2, 0.25) is 0 Å². The molecule has 1 saturated heterocycles. The van der Waals surface area contributed by atoms with Crippen molar-refractivity contribution in [2.24, 2.45) is 23.5 Å². The van der Waals surface area contributed by atoms with Crippen LogP contribution in [0, 0.1) is 17.8 Å². The lowest BCUT2D eigenvalue weighted by atomic mass is 9.53. The van der Waals surface area contributed by atoms with Crippen LogP contribution in [0.25, 0.3) is 0 Å². The fourth-order valence-corrected chi connectivity index (χ4v) is 5.27. The number of nitrogens with two attached hydrogens (primary N) is 1. The quantitative estimate of drug-likeness (QED) is 0.754. The zero-order chi connectivity index (χ0) is 13.9. The standard InChI is InChI=1S/C15H24N2O3/c16-12-1-2-17(8-12)14(18)20-13-10-3-9-4-11(13)7-15(19,5-9)6-10/h9-13,19H,1-8,16H2/t9?,10-,11?,12?,13?,15?/m1/s1. The Hall–Kier alpha value is -0.810. The van der Waals surface area contributed by atoms with Crippen LogP contribution < -0.4 is 5.73 Å². The predicted octanol–water partition coefficient (Wildman–Crippen LogP) is 1.10. The monoisotopic (exact) mass is 280 g/mol. The molecule has 0 aromatic rings. The molecule has 5 heteroatoms. The summed E-state index contributed by atoms with van der Waals surface area (Å²) in [5, 5.41) is 10.5. The maximum Gasteiger partial charge on any atom is 0.410 e. The average molecular weight is 280 g/mol. The average Bonchev–Trinajstić information content (AvgIpc) is 2.78. The number of carbonyl (C=O) groups is 1. The first-order chi connectivity index (χ1) is 9.52. The smallest absolute Gasteiger partial charge is 0.410 e. The first kappa shape index (κ1) is 12.9. The van der Waals surface area contributed by atoms with Gasteiger partial charge in [-0.2, -0.15) is 0 Å². The van der Waals surface area contributed by atoms with Crippen molar-refractivity contribution in [1.29, 1.82) is 0 Å². The predicted molar refractivity (Wildman–Crippen MR) is 72.9 cm³/mol. The van der Waals surface area contributed by atoms with Gasteiger partial charge in [0.15, 0.2) is 0 Å². The molecule has 5 aliphatic rings. The molecule has 0 aromatic heterocycles. The number of nitrogens with zero attached hydrogens (tertiary/aromatic N) is 1. The molecule has 1 heterocycles. The molecular weight excluding hydrogens is 256 g/mol. The second kappa shape index (κ2) is 4.34. The highest BCUT2D eigenvalue weighted by Gasteiger charge is 2.56. The molecule has 4 aliphatic carbocycles. The van der Waals surface area contributed by atoms with Crippen molar-refractivity contribution in [3.05, 3.63) is 0 Å². The third kappa shape index (κ3) is 2.02. The van der Waals surface area contributed by atoms with Crippen LogP contribution in [0.15, 0.2) is 0 Å². The Balaban J connectivity index is 1.44. The van der Waals surface area contributed by atoms with Gasteiger partial charge in [-0.3, -0.25) is 0 Å². The number of rotatable bonds is 1. The van der Waals surface area contributed by atoms with Gasteiger partial charge in [-0.25, -0.2) is 4.79 Å². The largest absolute Gasteiger partial charge is 0.446 e. The lowest BCUT2D eigenvalue weighted by molar-refractivity contribution is -0.177. The van der Waals surface area contributed by atoms with Crippen molar-refractivity contribution >= 4 is 6.09 Å². The molecule has 0 radical (unpaired) electrons. The summed E-state index contributed by atoms with van der Waals surface area (Å²) in [5.41, 5.74) is 5.38. The normalized spacial score (nSPS) is 49.7. The van der Waals surface area contributed by atoms with Gasteiger partial charge in [-0.05, 0) is 56.3 Å². The summed E-state index contributed by atoms with van der Waals surface area (Å²) in [7, 11) is 0. The topological polar surface area (TPSA) is 75.8 Å². The number of aliphatic hydroxyl groups is 1. The molecule has 112 valence electrons. The molecule has 0 spiro atoms. The van der Waals surface area contributed by atoms with Gasteiger partial charge < -0.3 is 20.5 Å². The second-order valence-corrected chi connectivity index (χ2v) is 7.54. The maximum atomic E-state index is 12.2. The summed E-state index contributed by atoms with van der Waals surface area (Å²) in [4.78, 5) is 14.0. The summed E-state index contributed by atoms with van der Waals surface area (Å²) in [6.07, 6.45) is 5.54. The van der Waals surface area contributed by atoms with Crippen LogP contribution in [0.4, 0.5) is 4.79 Å². The summed E-state index contributed by atoms with van der Waals surface area (Å²) in [6, 6.07) is 0.0989. The van der Waals surface area contributed by atoms with Crippen molar-refractivity contribution in [2.45, 2.75) is 56.3 Å². The first-order valence-corrected chi connectivity index (χ1v) is 7.96. The van der Waals surface area contributed by atoms with Crippen molar-refractivity contribution in [1.82, 2.24) is 4.90 Å². The van der Waals surface area contributed by atoms with Gasteiger partial charge >= 0.3 is 6.09 Å². The first-order valence-electron chi connectivity index (χ1n) is 7.96. The van der Waals surface area contributed by atoms with Crippen molar-refractivity contribution in [2.75, 3.05) is 13.1 Å². The van der Waals surface area contributed by atoms with Gasteiger partial charge in [-0.15, -0.1) is 0 Å². The zero-order valence-corrected chi connectivity index (χ0v) is 11.8. The molecule has 4 saturated carbocycles. The Bertz CT molecular complexity index is 411. The fraction of sp³-hybridized carbons (Fsp3) is 0.933. The molecule has 20 heavy (non-hydrogen) atoms. The molecule has 5 rings (SSSR count). The van der Waals surface area contributed by atoms with Crippen LogP contribution in [0.1, 0.15) is 38.5 Å². The minimum absolute atomic E-state index is 0.0242. The van der Waals surface area contributed by atoms with E-state index < -0.39 is 5.60 Å². The van der Waals surface area contributed by atoms with Crippen molar-refractivity contribution in [3.63, 3.8) is 0 Å². The molecule has 4 bridgehead atoms. The molecule has 5 unspecified atom stereocenters. The van der Waals surface area contributed by atoms with Crippen LogP contribution >= 0.6 is 0 Å². The van der Waals surface area contributed by atoms with Crippen molar-refractivity contribution in [3.8, 4) is 0 Å². The highest BCUT2D eigenvalue weighted by Crippen LogP contribution is 2.56. The van der Waals surface area contributed by atoms with Gasteiger partial charge in [0.2, 0.25) is 0 Å². The number of ether oxygens (including phenoxy) is 1. The summed E-state index contributed by atoms with van der Waals surface area (Å²) in [6.45, 7) is 1.34. The van der Waals surface area contributed by atoms with E-state index in [9.17, 15) is 9.90 Å². The van der Waals surface area contributed by atoms with Gasteiger partial charge in [0.05, 0.1) is 5.60 Å².